The van der Waals surface area contributed by atoms with Crippen LogP contribution in [0.5, 0.6) is 5.75 Å². The van der Waals surface area contributed by atoms with E-state index >= 15 is 0 Å². The van der Waals surface area contributed by atoms with Crippen LogP contribution in [0.25, 0.3) is 10.9 Å². The number of benzene rings is 2. The van der Waals surface area contributed by atoms with Crippen molar-refractivity contribution in [1.29, 1.82) is 0 Å². The second kappa shape index (κ2) is 10.1. The lowest BCUT2D eigenvalue weighted by Gasteiger charge is -2.35. The minimum atomic E-state index is 0.533. The lowest BCUT2D eigenvalue weighted by Crippen LogP contribution is -2.34. The molecular formula is C28H36N4O. The fourth-order valence-electron chi connectivity index (χ4n) is 5.19. The average Bonchev–Trinajstić information content (AvgIpc) is 2.83. The van der Waals surface area contributed by atoms with Crippen molar-refractivity contribution in [3.63, 3.8) is 0 Å². The van der Waals surface area contributed by atoms with Gasteiger partial charge in [-0.2, -0.15) is 0 Å². The summed E-state index contributed by atoms with van der Waals surface area (Å²) in [5.74, 6) is 4.26. The highest BCUT2D eigenvalue weighted by Crippen LogP contribution is 2.39. The number of aromatic nitrogens is 2. The van der Waals surface area contributed by atoms with Crippen LogP contribution in [0, 0.1) is 0 Å². The Bertz CT molecular complexity index is 1090. The summed E-state index contributed by atoms with van der Waals surface area (Å²) in [6, 6.07) is 15.2. The van der Waals surface area contributed by atoms with Crippen LogP contribution in [0.4, 0.5) is 5.82 Å². The van der Waals surface area contributed by atoms with E-state index in [1.807, 2.05) is 0 Å². The molecule has 174 valence electrons. The SMILES string of the molecule is CCCNCc1ccc2nc(C3CCC3)nc(N3CCC(c4ccccc4OC)CC3)c2c1. The third-order valence-electron chi connectivity index (χ3n) is 7.36. The highest BCUT2D eigenvalue weighted by molar-refractivity contribution is 5.90. The van der Waals surface area contributed by atoms with Crippen LogP contribution in [-0.2, 0) is 6.54 Å². The molecule has 1 saturated carbocycles. The molecule has 5 rings (SSSR count). The standard InChI is InChI=1S/C28H36N4O/c1-3-15-29-19-20-11-12-25-24(18-20)28(31-27(30-25)22-7-6-8-22)32-16-13-21(14-17-32)23-9-4-5-10-26(23)33-2/h4-5,9-12,18,21-22,29H,3,6-8,13-17,19H2,1-2H3. The minimum Gasteiger partial charge on any atom is -0.496 e. The first kappa shape index (κ1) is 22.1. The zero-order valence-corrected chi connectivity index (χ0v) is 20.0. The first-order chi connectivity index (χ1) is 16.3. The highest BCUT2D eigenvalue weighted by Gasteiger charge is 2.28. The van der Waals surface area contributed by atoms with E-state index in [1.165, 1.54) is 35.8 Å². The van der Waals surface area contributed by atoms with Crippen LogP contribution in [0.3, 0.4) is 0 Å². The molecule has 33 heavy (non-hydrogen) atoms. The second-order valence-corrected chi connectivity index (χ2v) is 9.56. The number of methoxy groups -OCH3 is 1. The number of piperidine rings is 1. The summed E-state index contributed by atoms with van der Waals surface area (Å²) >= 11 is 0. The molecule has 2 aromatic carbocycles. The van der Waals surface area contributed by atoms with E-state index in [4.69, 9.17) is 14.7 Å². The Kier molecular flexibility index (Phi) is 6.77. The first-order valence-electron chi connectivity index (χ1n) is 12.7. The van der Waals surface area contributed by atoms with Crippen molar-refractivity contribution in [2.75, 3.05) is 31.6 Å². The number of para-hydroxylation sites is 1. The topological polar surface area (TPSA) is 50.3 Å². The van der Waals surface area contributed by atoms with Gasteiger partial charge in [0.05, 0.1) is 12.6 Å². The number of hydrogen-bond donors (Lipinski definition) is 1. The van der Waals surface area contributed by atoms with E-state index in [-0.39, 0.29) is 0 Å². The van der Waals surface area contributed by atoms with Crippen molar-refractivity contribution in [1.82, 2.24) is 15.3 Å². The summed E-state index contributed by atoms with van der Waals surface area (Å²) < 4.78 is 5.64. The van der Waals surface area contributed by atoms with Crippen LogP contribution in [0.15, 0.2) is 42.5 Å². The maximum absolute atomic E-state index is 5.64. The zero-order valence-electron chi connectivity index (χ0n) is 20.0. The predicted molar refractivity (Wildman–Crippen MR) is 135 cm³/mol. The molecule has 0 radical (unpaired) electrons. The molecule has 0 unspecified atom stereocenters. The van der Waals surface area contributed by atoms with E-state index in [0.717, 1.165) is 68.3 Å². The van der Waals surface area contributed by atoms with Gasteiger partial charge < -0.3 is 15.0 Å². The third kappa shape index (κ3) is 4.70. The summed E-state index contributed by atoms with van der Waals surface area (Å²) in [6.45, 7) is 6.16. The molecule has 2 aliphatic rings. The van der Waals surface area contributed by atoms with Gasteiger partial charge in [-0.05, 0) is 73.9 Å². The number of ether oxygens (including phenoxy) is 1. The number of anilines is 1. The Labute approximate surface area is 197 Å². The van der Waals surface area contributed by atoms with Crippen LogP contribution >= 0.6 is 0 Å². The summed E-state index contributed by atoms with van der Waals surface area (Å²) in [5.41, 5.74) is 3.74. The predicted octanol–water partition coefficient (Wildman–Crippen LogP) is 5.79. The van der Waals surface area contributed by atoms with Gasteiger partial charge in [-0.1, -0.05) is 37.6 Å². The first-order valence-corrected chi connectivity index (χ1v) is 12.7. The van der Waals surface area contributed by atoms with Crippen molar-refractivity contribution in [2.45, 2.75) is 63.8 Å². The number of nitrogens with zero attached hydrogens (tertiary/aromatic N) is 3. The molecule has 1 saturated heterocycles. The molecule has 5 nitrogen and oxygen atoms in total. The molecule has 1 aliphatic heterocycles. The molecule has 1 aliphatic carbocycles. The quantitative estimate of drug-likeness (QED) is 0.446. The normalized spacial score (nSPS) is 17.3. The number of nitrogens with one attached hydrogen (secondary N) is 1. The van der Waals surface area contributed by atoms with E-state index < -0.39 is 0 Å². The Morgan fingerprint density at radius 3 is 2.55 bits per heavy atom. The van der Waals surface area contributed by atoms with Gasteiger partial charge in [0.2, 0.25) is 0 Å². The molecule has 0 spiro atoms. The lowest BCUT2D eigenvalue weighted by atomic mass is 9.84. The zero-order chi connectivity index (χ0) is 22.6. The van der Waals surface area contributed by atoms with Crippen LogP contribution in [0.1, 0.15) is 74.2 Å². The Balaban J connectivity index is 1.42. The fourth-order valence-corrected chi connectivity index (χ4v) is 5.19. The molecule has 0 atom stereocenters. The van der Waals surface area contributed by atoms with Gasteiger partial charge in [0.1, 0.15) is 17.4 Å². The molecule has 3 aromatic rings. The summed E-state index contributed by atoms with van der Waals surface area (Å²) in [6.07, 6.45) is 7.12. The van der Waals surface area contributed by atoms with Crippen LogP contribution in [0.2, 0.25) is 0 Å². The maximum Gasteiger partial charge on any atom is 0.140 e. The smallest absolute Gasteiger partial charge is 0.140 e. The molecule has 2 heterocycles. The summed E-state index contributed by atoms with van der Waals surface area (Å²) in [4.78, 5) is 12.7. The molecular weight excluding hydrogens is 408 g/mol. The molecule has 2 fully saturated rings. The lowest BCUT2D eigenvalue weighted by molar-refractivity contribution is 0.396. The Morgan fingerprint density at radius 2 is 1.82 bits per heavy atom. The minimum absolute atomic E-state index is 0.533. The van der Waals surface area contributed by atoms with Crippen LogP contribution < -0.4 is 15.0 Å². The van der Waals surface area contributed by atoms with E-state index in [2.05, 4.69) is 59.6 Å². The molecule has 1 aromatic heterocycles. The van der Waals surface area contributed by atoms with E-state index in [9.17, 15) is 0 Å². The summed E-state index contributed by atoms with van der Waals surface area (Å²) in [7, 11) is 1.77. The molecule has 5 heteroatoms. The van der Waals surface area contributed by atoms with Gasteiger partial charge in [-0.25, -0.2) is 9.97 Å². The number of rotatable bonds is 8. The maximum atomic E-state index is 5.64. The van der Waals surface area contributed by atoms with Crippen molar-refractivity contribution in [3.05, 3.63) is 59.4 Å². The Morgan fingerprint density at radius 1 is 1.00 bits per heavy atom. The van der Waals surface area contributed by atoms with E-state index in [0.29, 0.717) is 11.8 Å². The fraction of sp³-hybridized carbons (Fsp3) is 0.500. The third-order valence-corrected chi connectivity index (χ3v) is 7.36. The number of hydrogen-bond acceptors (Lipinski definition) is 5. The van der Waals surface area contributed by atoms with Gasteiger partial charge in [0.25, 0.3) is 0 Å². The van der Waals surface area contributed by atoms with E-state index in [1.54, 1.807) is 7.11 Å². The molecule has 1 N–H and O–H groups in total. The van der Waals surface area contributed by atoms with Gasteiger partial charge in [-0.3, -0.25) is 0 Å². The largest absolute Gasteiger partial charge is 0.496 e. The second-order valence-electron chi connectivity index (χ2n) is 9.56. The summed E-state index contributed by atoms with van der Waals surface area (Å²) in [5, 5.41) is 4.73. The van der Waals surface area contributed by atoms with Crippen molar-refractivity contribution < 1.29 is 4.74 Å². The highest BCUT2D eigenvalue weighted by atomic mass is 16.5. The van der Waals surface area contributed by atoms with Crippen molar-refractivity contribution in [3.8, 4) is 5.75 Å². The number of fused-ring (bicyclic) bond motifs is 1. The van der Waals surface area contributed by atoms with Gasteiger partial charge in [0.15, 0.2) is 0 Å². The monoisotopic (exact) mass is 444 g/mol. The van der Waals surface area contributed by atoms with Gasteiger partial charge in [-0.15, -0.1) is 0 Å². The average molecular weight is 445 g/mol. The van der Waals surface area contributed by atoms with Crippen molar-refractivity contribution in [2.24, 2.45) is 0 Å². The van der Waals surface area contributed by atoms with Crippen LogP contribution in [-0.4, -0.2) is 36.7 Å². The van der Waals surface area contributed by atoms with Gasteiger partial charge >= 0.3 is 0 Å². The molecule has 0 amide bonds. The van der Waals surface area contributed by atoms with Gasteiger partial charge in [0, 0.05) is 30.9 Å². The van der Waals surface area contributed by atoms with Crippen molar-refractivity contribution >= 4 is 16.7 Å². The molecule has 0 bridgehead atoms. The Hall–Kier alpha value is -2.66.